The lowest BCUT2D eigenvalue weighted by atomic mass is 9.91. The minimum Gasteiger partial charge on any atom is -0.478 e. The second kappa shape index (κ2) is 3.32. The van der Waals surface area contributed by atoms with Gasteiger partial charge in [0.2, 0.25) is 0 Å². The van der Waals surface area contributed by atoms with Gasteiger partial charge in [0.15, 0.2) is 0 Å². The Morgan fingerprint density at radius 3 is 2.73 bits per heavy atom. The topological polar surface area (TPSA) is 37.3 Å². The Kier molecular flexibility index (Phi) is 2.47. The maximum Gasteiger partial charge on any atom is 0.338 e. The average Bonchev–Trinajstić information content (AvgIpc) is 2.50. The van der Waals surface area contributed by atoms with E-state index in [4.69, 9.17) is 0 Å². The molecule has 1 heterocycles. The van der Waals surface area contributed by atoms with E-state index in [1.807, 2.05) is 0 Å². The molecule has 82 valence electrons. The molecule has 0 bridgehead atoms. The van der Waals surface area contributed by atoms with Crippen molar-refractivity contribution >= 4 is 33.2 Å². The SMILES string of the molecule is CC1CC(C)(C)c2sc(Br)c(C(=O)O)c21. The van der Waals surface area contributed by atoms with Gasteiger partial charge in [-0.1, -0.05) is 20.8 Å². The highest BCUT2D eigenvalue weighted by molar-refractivity contribution is 9.11. The van der Waals surface area contributed by atoms with Gasteiger partial charge in [-0.2, -0.15) is 0 Å². The Bertz CT molecular complexity index is 434. The lowest BCUT2D eigenvalue weighted by molar-refractivity contribution is 0.0695. The number of hydrogen-bond acceptors (Lipinski definition) is 2. The quantitative estimate of drug-likeness (QED) is 0.848. The zero-order chi connectivity index (χ0) is 11.4. The number of fused-ring (bicyclic) bond motifs is 1. The van der Waals surface area contributed by atoms with Crippen molar-refractivity contribution in [3.8, 4) is 0 Å². The van der Waals surface area contributed by atoms with Crippen LogP contribution in [0.3, 0.4) is 0 Å². The lowest BCUT2D eigenvalue weighted by Gasteiger charge is -2.17. The van der Waals surface area contributed by atoms with Crippen molar-refractivity contribution in [3.63, 3.8) is 0 Å². The molecule has 1 aliphatic carbocycles. The molecule has 0 amide bonds. The van der Waals surface area contributed by atoms with E-state index in [2.05, 4.69) is 36.7 Å². The highest BCUT2D eigenvalue weighted by Crippen LogP contribution is 2.52. The molecule has 0 aromatic carbocycles. The Morgan fingerprint density at radius 2 is 2.20 bits per heavy atom. The van der Waals surface area contributed by atoms with Crippen LogP contribution < -0.4 is 0 Å². The molecule has 15 heavy (non-hydrogen) atoms. The van der Waals surface area contributed by atoms with E-state index in [1.54, 1.807) is 11.3 Å². The Labute approximate surface area is 101 Å². The lowest BCUT2D eigenvalue weighted by Crippen LogP contribution is -2.10. The van der Waals surface area contributed by atoms with Crippen molar-refractivity contribution in [2.75, 3.05) is 0 Å². The fraction of sp³-hybridized carbons (Fsp3) is 0.545. The molecule has 0 radical (unpaired) electrons. The van der Waals surface area contributed by atoms with Crippen molar-refractivity contribution < 1.29 is 9.90 Å². The van der Waals surface area contributed by atoms with E-state index < -0.39 is 5.97 Å². The molecule has 1 atom stereocenters. The monoisotopic (exact) mass is 288 g/mol. The fourth-order valence-electron chi connectivity index (χ4n) is 2.55. The van der Waals surface area contributed by atoms with E-state index in [0.717, 1.165) is 15.8 Å². The standard InChI is InChI=1S/C11H13BrO2S/c1-5-4-11(2,3)8-6(5)7(10(13)14)9(12)15-8/h5H,4H2,1-3H3,(H,13,14). The van der Waals surface area contributed by atoms with E-state index in [9.17, 15) is 9.90 Å². The molecule has 1 N–H and O–H groups in total. The van der Waals surface area contributed by atoms with E-state index in [0.29, 0.717) is 11.5 Å². The molecule has 1 unspecified atom stereocenters. The highest BCUT2D eigenvalue weighted by Gasteiger charge is 2.40. The number of rotatable bonds is 1. The third kappa shape index (κ3) is 1.54. The van der Waals surface area contributed by atoms with Crippen LogP contribution in [0.5, 0.6) is 0 Å². The van der Waals surface area contributed by atoms with Crippen LogP contribution in [0.1, 0.15) is 53.9 Å². The predicted molar refractivity (Wildman–Crippen MR) is 65.0 cm³/mol. The first kappa shape index (κ1) is 11.1. The molecule has 2 nitrogen and oxygen atoms in total. The van der Waals surface area contributed by atoms with Gasteiger partial charge in [-0.3, -0.25) is 0 Å². The number of carbonyl (C=O) groups is 1. The minimum atomic E-state index is -0.816. The van der Waals surface area contributed by atoms with Crippen LogP contribution in [0.2, 0.25) is 0 Å². The first-order valence-corrected chi connectivity index (χ1v) is 6.51. The molecule has 1 aliphatic rings. The zero-order valence-electron chi connectivity index (χ0n) is 8.93. The molecule has 4 heteroatoms. The van der Waals surface area contributed by atoms with Gasteiger partial charge in [0.25, 0.3) is 0 Å². The van der Waals surface area contributed by atoms with Gasteiger partial charge in [0, 0.05) is 4.88 Å². The maximum absolute atomic E-state index is 11.2. The van der Waals surface area contributed by atoms with Crippen molar-refractivity contribution in [1.29, 1.82) is 0 Å². The summed E-state index contributed by atoms with van der Waals surface area (Å²) in [7, 11) is 0. The van der Waals surface area contributed by atoms with Gasteiger partial charge < -0.3 is 5.11 Å². The number of carboxylic acid groups (broad SMARTS) is 1. The van der Waals surface area contributed by atoms with Crippen molar-refractivity contribution in [3.05, 3.63) is 19.8 Å². The summed E-state index contributed by atoms with van der Waals surface area (Å²) in [6, 6.07) is 0. The summed E-state index contributed by atoms with van der Waals surface area (Å²) in [4.78, 5) is 12.4. The number of hydrogen-bond donors (Lipinski definition) is 1. The van der Waals surface area contributed by atoms with Crippen LogP contribution in [0.25, 0.3) is 0 Å². The highest BCUT2D eigenvalue weighted by atomic mass is 79.9. The minimum absolute atomic E-state index is 0.121. The van der Waals surface area contributed by atoms with Crippen LogP contribution >= 0.6 is 27.3 Å². The molecule has 1 aromatic rings. The summed E-state index contributed by atoms with van der Waals surface area (Å²) >= 11 is 4.94. The number of halogens is 1. The molecule has 0 spiro atoms. The Balaban J connectivity index is 2.69. The first-order chi connectivity index (χ1) is 6.84. The smallest absolute Gasteiger partial charge is 0.338 e. The van der Waals surface area contributed by atoms with E-state index in [1.165, 1.54) is 4.88 Å². The van der Waals surface area contributed by atoms with Gasteiger partial charge in [0.1, 0.15) is 0 Å². The molecule has 0 saturated carbocycles. The molecule has 2 rings (SSSR count). The van der Waals surface area contributed by atoms with Crippen LogP contribution in [0.15, 0.2) is 3.79 Å². The molecule has 1 aromatic heterocycles. The summed E-state index contributed by atoms with van der Waals surface area (Å²) in [5.74, 6) is -0.465. The second-order valence-electron chi connectivity index (χ2n) is 4.79. The summed E-state index contributed by atoms with van der Waals surface area (Å²) in [5, 5.41) is 9.18. The van der Waals surface area contributed by atoms with Crippen LogP contribution in [0, 0.1) is 0 Å². The van der Waals surface area contributed by atoms with Crippen molar-refractivity contribution in [2.24, 2.45) is 0 Å². The van der Waals surface area contributed by atoms with E-state index >= 15 is 0 Å². The van der Waals surface area contributed by atoms with Gasteiger partial charge in [-0.15, -0.1) is 11.3 Å². The summed E-state index contributed by atoms with van der Waals surface area (Å²) in [6.45, 7) is 6.48. The van der Waals surface area contributed by atoms with Gasteiger partial charge in [-0.25, -0.2) is 4.79 Å². The molecule has 0 saturated heterocycles. The number of carboxylic acids is 1. The third-order valence-corrected chi connectivity index (χ3v) is 5.28. The predicted octanol–water partition coefficient (Wildman–Crippen LogP) is 3.99. The van der Waals surface area contributed by atoms with Crippen LogP contribution in [-0.2, 0) is 5.41 Å². The number of thiophene rings is 1. The Morgan fingerprint density at radius 1 is 1.60 bits per heavy atom. The first-order valence-electron chi connectivity index (χ1n) is 4.90. The van der Waals surface area contributed by atoms with Crippen molar-refractivity contribution in [1.82, 2.24) is 0 Å². The van der Waals surface area contributed by atoms with E-state index in [-0.39, 0.29) is 5.41 Å². The Hall–Kier alpha value is -0.350. The number of aromatic carboxylic acids is 1. The summed E-state index contributed by atoms with van der Waals surface area (Å²) in [6.07, 6.45) is 1.04. The summed E-state index contributed by atoms with van der Waals surface area (Å²) in [5.41, 5.74) is 1.65. The van der Waals surface area contributed by atoms with Gasteiger partial charge in [-0.05, 0) is 39.2 Å². The third-order valence-electron chi connectivity index (χ3n) is 3.04. The van der Waals surface area contributed by atoms with Crippen LogP contribution in [0.4, 0.5) is 0 Å². The van der Waals surface area contributed by atoms with Crippen molar-refractivity contribution in [2.45, 2.75) is 38.5 Å². The van der Waals surface area contributed by atoms with Crippen LogP contribution in [-0.4, -0.2) is 11.1 Å². The second-order valence-corrected chi connectivity index (χ2v) is 7.13. The molecule has 0 aliphatic heterocycles. The summed E-state index contributed by atoms with van der Waals surface area (Å²) < 4.78 is 0.764. The van der Waals surface area contributed by atoms with Gasteiger partial charge >= 0.3 is 5.97 Å². The fourth-order valence-corrected chi connectivity index (χ4v) is 4.67. The molecule has 0 fully saturated rings. The normalized spacial score (nSPS) is 22.8. The molecular weight excluding hydrogens is 276 g/mol. The maximum atomic E-state index is 11.2. The molecular formula is C11H13BrO2S. The largest absolute Gasteiger partial charge is 0.478 e. The average molecular weight is 289 g/mol. The zero-order valence-corrected chi connectivity index (χ0v) is 11.3. The van der Waals surface area contributed by atoms with Gasteiger partial charge in [0.05, 0.1) is 9.35 Å².